The van der Waals surface area contributed by atoms with E-state index in [0.717, 1.165) is 67.2 Å². The largest absolute Gasteiger partial charge is 0.455 e. The Bertz CT molecular complexity index is 3730. The van der Waals surface area contributed by atoms with E-state index in [0.29, 0.717) is 0 Å². The molecule has 0 bridgehead atoms. The van der Waals surface area contributed by atoms with Gasteiger partial charge in [0.2, 0.25) is 0 Å². The third-order valence-corrected chi connectivity index (χ3v) is 14.3. The van der Waals surface area contributed by atoms with Gasteiger partial charge in [-0.3, -0.25) is 0 Å². The van der Waals surface area contributed by atoms with Crippen molar-refractivity contribution < 1.29 is 8.83 Å². The molecule has 11 aromatic rings. The maximum Gasteiger partial charge on any atom is 0.193 e. The molecule has 1 aliphatic heterocycles. The van der Waals surface area contributed by atoms with E-state index in [1.807, 2.05) is 12.1 Å². The molecule has 0 fully saturated rings. The van der Waals surface area contributed by atoms with Crippen molar-refractivity contribution in [2.45, 2.75) is 31.6 Å². The number of benzene rings is 9. The maximum atomic E-state index is 7.04. The zero-order valence-corrected chi connectivity index (χ0v) is 33.8. The van der Waals surface area contributed by atoms with Crippen LogP contribution in [0.25, 0.3) is 88.0 Å². The van der Waals surface area contributed by atoms with Crippen LogP contribution < -0.4 is 16.2 Å². The Morgan fingerprint density at radius 1 is 0.508 bits per heavy atom. The number of rotatable bonds is 3. The van der Waals surface area contributed by atoms with Gasteiger partial charge < -0.3 is 14.2 Å². The fourth-order valence-electron chi connectivity index (χ4n) is 11.6. The molecule has 61 heavy (non-hydrogen) atoms. The lowest BCUT2D eigenvalue weighted by molar-refractivity contribution is 0.659. The number of furan rings is 2. The first-order valence-corrected chi connectivity index (χ1v) is 21.4. The van der Waals surface area contributed by atoms with Crippen LogP contribution in [0, 0.1) is 0 Å². The molecule has 0 saturated heterocycles. The molecule has 3 aliphatic rings. The van der Waals surface area contributed by atoms with Gasteiger partial charge in [0.15, 0.2) is 12.9 Å². The molecule has 0 amide bonds. The highest BCUT2D eigenvalue weighted by Crippen LogP contribution is 2.56. The van der Waals surface area contributed by atoms with E-state index in [9.17, 15) is 0 Å². The lowest BCUT2D eigenvalue weighted by atomic mass is 9.49. The highest BCUT2D eigenvalue weighted by molar-refractivity contribution is 6.71. The van der Waals surface area contributed by atoms with E-state index >= 15 is 0 Å². The first kappa shape index (κ1) is 33.5. The normalized spacial score (nSPS) is 15.4. The second-order valence-electron chi connectivity index (χ2n) is 17.7. The number of fused-ring (bicyclic) bond motifs is 16. The summed E-state index contributed by atoms with van der Waals surface area (Å²) in [4.78, 5) is 0. The van der Waals surface area contributed by atoms with Crippen molar-refractivity contribution in [2.24, 2.45) is 0 Å². The Hall–Kier alpha value is -7.30. The van der Waals surface area contributed by atoms with Crippen LogP contribution in [0.1, 0.15) is 47.6 Å². The summed E-state index contributed by atoms with van der Waals surface area (Å²) < 4.78 is 13.6. The van der Waals surface area contributed by atoms with Gasteiger partial charge in [0.25, 0.3) is 0 Å². The SMILES string of the molecule is CC1(C)c2ccccc2-c2c1cc(-c1c(Nc3cccc4c3oc3ccccc34)ccc3c1oc1ccccc13)c1c2C2Cc3ccc4ccccc4c3-c3cccc(c32)[B]1. The van der Waals surface area contributed by atoms with Gasteiger partial charge in [-0.05, 0) is 109 Å². The summed E-state index contributed by atoms with van der Waals surface area (Å²) in [5.41, 5.74) is 22.4. The number of nitrogens with one attached hydrogen (secondary N) is 1. The predicted molar refractivity (Wildman–Crippen MR) is 254 cm³/mol. The van der Waals surface area contributed by atoms with Crippen LogP contribution in [-0.4, -0.2) is 7.28 Å². The molecule has 9 aromatic carbocycles. The average molecular weight is 779 g/mol. The van der Waals surface area contributed by atoms with Gasteiger partial charge in [0.05, 0.1) is 11.4 Å². The zero-order chi connectivity index (χ0) is 40.1. The minimum absolute atomic E-state index is 0.158. The van der Waals surface area contributed by atoms with Crippen molar-refractivity contribution in [1.82, 2.24) is 0 Å². The van der Waals surface area contributed by atoms with Gasteiger partial charge in [0.1, 0.15) is 16.7 Å². The first-order valence-electron chi connectivity index (χ1n) is 21.4. The Balaban J connectivity index is 1.09. The fourth-order valence-corrected chi connectivity index (χ4v) is 11.6. The quantitative estimate of drug-likeness (QED) is 0.182. The molecule has 1 atom stereocenters. The minimum Gasteiger partial charge on any atom is -0.455 e. The highest BCUT2D eigenvalue weighted by atomic mass is 16.3. The third kappa shape index (κ3) is 4.44. The first-order chi connectivity index (χ1) is 30.0. The van der Waals surface area contributed by atoms with Gasteiger partial charge in [-0.1, -0.05) is 152 Å². The van der Waals surface area contributed by atoms with E-state index in [2.05, 4.69) is 178 Å². The number of anilines is 2. The van der Waals surface area contributed by atoms with Gasteiger partial charge >= 0.3 is 0 Å². The maximum absolute atomic E-state index is 7.04. The van der Waals surface area contributed by atoms with Crippen molar-refractivity contribution in [2.75, 3.05) is 5.32 Å². The smallest absolute Gasteiger partial charge is 0.193 e. The molecular weight excluding hydrogens is 741 g/mol. The monoisotopic (exact) mass is 778 g/mol. The van der Waals surface area contributed by atoms with Crippen molar-refractivity contribution in [3.05, 3.63) is 192 Å². The summed E-state index contributed by atoms with van der Waals surface area (Å²) in [7, 11) is 2.50. The van der Waals surface area contributed by atoms with Gasteiger partial charge in [-0.2, -0.15) is 0 Å². The molecular formula is C57H37BNO2. The molecule has 1 unspecified atom stereocenters. The Labute approximate surface area is 353 Å². The molecule has 3 nitrogen and oxygen atoms in total. The van der Waals surface area contributed by atoms with Crippen LogP contribution >= 0.6 is 0 Å². The Morgan fingerprint density at radius 2 is 1.20 bits per heavy atom. The highest BCUT2D eigenvalue weighted by Gasteiger charge is 2.44. The minimum atomic E-state index is -0.229. The van der Waals surface area contributed by atoms with Gasteiger partial charge in [0, 0.05) is 38.4 Å². The van der Waals surface area contributed by atoms with Crippen LogP contribution in [0.2, 0.25) is 0 Å². The van der Waals surface area contributed by atoms with Gasteiger partial charge in [-0.15, -0.1) is 0 Å². The van der Waals surface area contributed by atoms with E-state index < -0.39 is 0 Å². The van der Waals surface area contributed by atoms with Crippen LogP contribution in [0.4, 0.5) is 11.4 Å². The summed E-state index contributed by atoms with van der Waals surface area (Å²) in [5.74, 6) is 0.158. The van der Waals surface area contributed by atoms with Crippen molar-refractivity contribution >= 4 is 84.2 Å². The molecule has 285 valence electrons. The van der Waals surface area contributed by atoms with Crippen LogP contribution in [0.3, 0.4) is 0 Å². The van der Waals surface area contributed by atoms with Gasteiger partial charge in [-0.25, -0.2) is 0 Å². The Kier molecular flexibility index (Phi) is 6.55. The zero-order valence-electron chi connectivity index (χ0n) is 33.8. The Morgan fingerprint density at radius 3 is 2.05 bits per heavy atom. The summed E-state index contributed by atoms with van der Waals surface area (Å²) in [5, 5.41) is 11.0. The number of para-hydroxylation sites is 3. The van der Waals surface area contributed by atoms with E-state index in [-0.39, 0.29) is 11.3 Å². The predicted octanol–water partition coefficient (Wildman–Crippen LogP) is 13.7. The third-order valence-electron chi connectivity index (χ3n) is 14.3. The molecule has 1 radical (unpaired) electrons. The molecule has 2 aliphatic carbocycles. The standard InChI is InChI=1S/C57H37BNO2/c1-57(2)42-20-8-5-17-38(42)51-43(57)30-41(54-53(51)40-29-32-26-25-31-13-3-4-14-33(31)49(32)39-19-11-21-44(58-54)50(39)40)52-45(28-27-37-35-16-7-10-24-48(35)61-56(37)52)59-46-22-12-18-36-34-15-6-9-23-47(34)60-55(36)46/h3-28,30,40,59H,29H2,1-2H3. The van der Waals surface area contributed by atoms with Crippen molar-refractivity contribution in [3.63, 3.8) is 0 Å². The second kappa shape index (κ2) is 11.9. The topological polar surface area (TPSA) is 38.3 Å². The lowest BCUT2D eigenvalue weighted by Gasteiger charge is -2.38. The molecule has 3 heterocycles. The molecule has 0 spiro atoms. The van der Waals surface area contributed by atoms with E-state index in [1.54, 1.807) is 0 Å². The molecule has 4 heteroatoms. The average Bonchev–Trinajstić information content (AvgIpc) is 3.94. The van der Waals surface area contributed by atoms with Crippen LogP contribution in [0.15, 0.2) is 173 Å². The van der Waals surface area contributed by atoms with E-state index in [4.69, 9.17) is 8.83 Å². The molecule has 0 saturated carbocycles. The van der Waals surface area contributed by atoms with E-state index in [1.165, 1.54) is 77.3 Å². The van der Waals surface area contributed by atoms with Crippen molar-refractivity contribution in [3.8, 4) is 33.4 Å². The van der Waals surface area contributed by atoms with Crippen LogP contribution in [0.5, 0.6) is 0 Å². The molecule has 1 N–H and O–H groups in total. The summed E-state index contributed by atoms with van der Waals surface area (Å²) in [6.45, 7) is 4.82. The summed E-state index contributed by atoms with van der Waals surface area (Å²) in [6.07, 6.45) is 0.928. The fraction of sp³-hybridized carbons (Fsp3) is 0.0877. The molecule has 2 aromatic heterocycles. The number of hydrogen-bond donors (Lipinski definition) is 1. The number of hydrogen-bond acceptors (Lipinski definition) is 3. The summed E-state index contributed by atoms with van der Waals surface area (Å²) in [6, 6.07) is 59.8. The summed E-state index contributed by atoms with van der Waals surface area (Å²) >= 11 is 0. The lowest BCUT2D eigenvalue weighted by Crippen LogP contribution is -2.43. The molecule has 14 rings (SSSR count). The van der Waals surface area contributed by atoms with Crippen molar-refractivity contribution in [1.29, 1.82) is 0 Å². The van der Waals surface area contributed by atoms with Crippen LogP contribution in [-0.2, 0) is 11.8 Å². The second-order valence-corrected chi connectivity index (χ2v) is 17.7.